The largest absolute Gasteiger partial charge is 0.472 e. The maximum Gasteiger partial charge on any atom is 0.472 e. The summed E-state index contributed by atoms with van der Waals surface area (Å²) in [6, 6.07) is 0. The summed E-state index contributed by atoms with van der Waals surface area (Å²) in [5.41, 5.74) is -1.23. The zero-order valence-corrected chi connectivity index (χ0v) is 40.0. The van der Waals surface area contributed by atoms with Crippen LogP contribution in [0, 0.1) is 0 Å². The lowest BCUT2D eigenvalue weighted by molar-refractivity contribution is -0.870. The maximum atomic E-state index is 13.3. The molecule has 0 aliphatic carbocycles. The van der Waals surface area contributed by atoms with Gasteiger partial charge in [-0.2, -0.15) is 0 Å². The molecule has 0 saturated carbocycles. The van der Waals surface area contributed by atoms with Gasteiger partial charge in [-0.05, 0) is 52.4 Å². The first-order chi connectivity index (χ1) is 28.1. The molecular formula is C46H91N2O10P+. The zero-order valence-electron chi connectivity index (χ0n) is 39.1. The molecule has 0 aromatic rings. The minimum Gasteiger partial charge on any atom is -0.462 e. The van der Waals surface area contributed by atoms with Crippen LogP contribution in [0.1, 0.15) is 214 Å². The topological polar surface area (TPSA) is 141 Å². The summed E-state index contributed by atoms with van der Waals surface area (Å²) in [6.07, 6.45) is 29.1. The van der Waals surface area contributed by atoms with Crippen LogP contribution in [0.5, 0.6) is 0 Å². The highest BCUT2D eigenvalue weighted by Gasteiger charge is 2.51. The van der Waals surface area contributed by atoms with E-state index in [4.69, 9.17) is 23.3 Å². The van der Waals surface area contributed by atoms with Crippen LogP contribution in [-0.2, 0) is 42.6 Å². The maximum absolute atomic E-state index is 13.3. The van der Waals surface area contributed by atoms with Crippen molar-refractivity contribution in [2.75, 3.05) is 54.1 Å². The minimum absolute atomic E-state index is 0.0128. The zero-order chi connectivity index (χ0) is 43.9. The van der Waals surface area contributed by atoms with Crippen molar-refractivity contribution in [3.63, 3.8) is 0 Å². The Morgan fingerprint density at radius 1 is 0.661 bits per heavy atom. The molecule has 0 aromatic carbocycles. The molecule has 349 valence electrons. The van der Waals surface area contributed by atoms with Gasteiger partial charge in [-0.25, -0.2) is 4.57 Å². The predicted molar refractivity (Wildman–Crippen MR) is 236 cm³/mol. The lowest BCUT2D eigenvalue weighted by atomic mass is 9.95. The van der Waals surface area contributed by atoms with Gasteiger partial charge in [-0.15, -0.1) is 10.3 Å². The van der Waals surface area contributed by atoms with Crippen molar-refractivity contribution in [2.45, 2.75) is 231 Å². The molecule has 1 aliphatic heterocycles. The van der Waals surface area contributed by atoms with Gasteiger partial charge in [0, 0.05) is 12.8 Å². The number of hydrogen-bond acceptors (Lipinski definition) is 9. The first kappa shape index (κ1) is 55.9. The Labute approximate surface area is 361 Å². The smallest absolute Gasteiger partial charge is 0.462 e. The third-order valence-corrected chi connectivity index (χ3v) is 12.4. The van der Waals surface area contributed by atoms with Gasteiger partial charge >= 0.3 is 19.8 Å². The number of carbonyl (C=O) groups excluding carboxylic acids is 2. The van der Waals surface area contributed by atoms with Crippen molar-refractivity contribution in [1.29, 1.82) is 0 Å². The monoisotopic (exact) mass is 863 g/mol. The van der Waals surface area contributed by atoms with Crippen LogP contribution in [0.15, 0.2) is 0 Å². The van der Waals surface area contributed by atoms with Crippen molar-refractivity contribution >= 4 is 19.8 Å². The van der Waals surface area contributed by atoms with Crippen molar-refractivity contribution in [1.82, 2.24) is 5.06 Å². The van der Waals surface area contributed by atoms with Gasteiger partial charge in [-0.1, -0.05) is 149 Å². The molecule has 0 bridgehead atoms. The molecular weight excluding hydrogens is 771 g/mol. The number of nitrogens with zero attached hydrogens (tertiary/aromatic N) is 2. The third kappa shape index (κ3) is 29.0. The summed E-state index contributed by atoms with van der Waals surface area (Å²) in [5.74, 6) is -0.863. The number of likely N-dealkylation sites (N-methyl/N-ethyl adjacent to an activating group) is 1. The summed E-state index contributed by atoms with van der Waals surface area (Å²) in [4.78, 5) is 35.6. The number of esters is 2. The number of hydrogen-bond donors (Lipinski definition) is 1. The number of rotatable bonds is 40. The van der Waals surface area contributed by atoms with Gasteiger partial charge in [0.05, 0.1) is 39.9 Å². The molecule has 1 aliphatic rings. The van der Waals surface area contributed by atoms with Crippen molar-refractivity contribution in [2.24, 2.45) is 0 Å². The molecule has 1 fully saturated rings. The van der Waals surface area contributed by atoms with E-state index in [0.717, 1.165) is 77.0 Å². The van der Waals surface area contributed by atoms with E-state index < -0.39 is 37.8 Å². The molecule has 0 amide bonds. The number of carbonyl (C=O) groups is 2. The lowest BCUT2D eigenvalue weighted by Crippen LogP contribution is -2.49. The van der Waals surface area contributed by atoms with Crippen molar-refractivity contribution in [3.05, 3.63) is 0 Å². The highest BCUT2D eigenvalue weighted by Crippen LogP contribution is 2.43. The number of hydroxylamine groups is 2. The van der Waals surface area contributed by atoms with E-state index >= 15 is 0 Å². The van der Waals surface area contributed by atoms with Crippen LogP contribution < -0.4 is 0 Å². The first-order valence-electron chi connectivity index (χ1n) is 23.9. The molecule has 3 atom stereocenters. The second-order valence-electron chi connectivity index (χ2n) is 18.9. The van der Waals surface area contributed by atoms with E-state index in [1.165, 1.54) is 95.0 Å². The summed E-state index contributed by atoms with van der Waals surface area (Å²) >= 11 is 0. The van der Waals surface area contributed by atoms with Crippen LogP contribution >= 0.6 is 7.82 Å². The Bertz CT molecular complexity index is 1120. The van der Waals surface area contributed by atoms with Crippen LogP contribution in [0.4, 0.5) is 0 Å². The fourth-order valence-corrected chi connectivity index (χ4v) is 8.30. The summed E-state index contributed by atoms with van der Waals surface area (Å²) in [5, 5.41) is 14.5. The average molecular weight is 863 g/mol. The molecule has 59 heavy (non-hydrogen) atoms. The second kappa shape index (κ2) is 32.5. The summed E-state index contributed by atoms with van der Waals surface area (Å²) < 4.78 is 40.7. The molecule has 0 spiro atoms. The van der Waals surface area contributed by atoms with Gasteiger partial charge in [0.2, 0.25) is 0 Å². The lowest BCUT2D eigenvalue weighted by Gasteiger charge is -2.35. The summed E-state index contributed by atoms with van der Waals surface area (Å²) in [6.45, 7) is 8.67. The number of ether oxygens (including phenoxy) is 3. The number of unbranched alkanes of at least 4 members (excludes halogenated alkanes) is 22. The first-order valence-corrected chi connectivity index (χ1v) is 25.4. The predicted octanol–water partition coefficient (Wildman–Crippen LogP) is 11.8. The highest BCUT2D eigenvalue weighted by molar-refractivity contribution is 7.47. The van der Waals surface area contributed by atoms with Crippen LogP contribution in [0.2, 0.25) is 0 Å². The van der Waals surface area contributed by atoms with E-state index in [0.29, 0.717) is 24.1 Å². The SMILES string of the molecule is CCCCCCCCCCCCCCCC(=O)OC[C@H](COP(=O)(O)OCC[N+](C)(C)C)OC(=O)CCCCCCCCC1(CCCCCCCC)OCC(C)(C)N1[O]. The highest BCUT2D eigenvalue weighted by atomic mass is 31.2. The molecule has 1 radical (unpaired) electrons. The Kier molecular flexibility index (Phi) is 30.8. The number of quaternary nitrogens is 1. The van der Waals surface area contributed by atoms with E-state index in [2.05, 4.69) is 13.8 Å². The Balaban J connectivity index is 2.44. The van der Waals surface area contributed by atoms with Crippen LogP contribution in [0.3, 0.4) is 0 Å². The molecule has 1 N–H and O–H groups in total. The van der Waals surface area contributed by atoms with Gasteiger partial charge in [0.25, 0.3) is 0 Å². The molecule has 12 nitrogen and oxygen atoms in total. The standard InChI is InChI=1S/C46H90N2O10P/c1-8-10-12-14-16-17-18-19-20-21-22-25-29-33-43(49)54-39-42(40-57-59(52,53)56-38-37-48(5,6)7)58-44(50)34-30-26-23-24-28-32-36-46(35-31-27-15-13-11-9-2)47(51)45(3,4)41-55-46/h42H,8-41H2,1-7H3/p+1/t42-,46?/m1/s1. The third-order valence-electron chi connectivity index (χ3n) is 11.4. The van der Waals surface area contributed by atoms with Crippen molar-refractivity contribution in [3.8, 4) is 0 Å². The molecule has 1 saturated heterocycles. The Morgan fingerprint density at radius 2 is 1.08 bits per heavy atom. The molecule has 1 rings (SSSR count). The number of phosphoric acid groups is 1. The molecule has 0 aromatic heterocycles. The van der Waals surface area contributed by atoms with Gasteiger partial charge in [0.15, 0.2) is 6.10 Å². The van der Waals surface area contributed by atoms with E-state index in [9.17, 15) is 24.3 Å². The number of phosphoric ester groups is 1. The van der Waals surface area contributed by atoms with Crippen LogP contribution in [-0.4, -0.2) is 97.9 Å². The van der Waals surface area contributed by atoms with E-state index in [1.54, 1.807) is 0 Å². The fourth-order valence-electron chi connectivity index (χ4n) is 7.56. The molecule has 2 unspecified atom stereocenters. The quantitative estimate of drug-likeness (QED) is 0.0274. The van der Waals surface area contributed by atoms with Gasteiger partial charge in [0.1, 0.15) is 25.5 Å². The average Bonchev–Trinajstić information content (AvgIpc) is 3.40. The van der Waals surface area contributed by atoms with Crippen LogP contribution in [0.25, 0.3) is 0 Å². The van der Waals surface area contributed by atoms with E-state index in [-0.39, 0.29) is 32.0 Å². The van der Waals surface area contributed by atoms with Gasteiger partial charge in [-0.3, -0.25) is 18.6 Å². The Hall–Kier alpha value is -1.11. The second-order valence-corrected chi connectivity index (χ2v) is 20.3. The van der Waals surface area contributed by atoms with Gasteiger partial charge < -0.3 is 23.6 Å². The molecule has 13 heteroatoms. The van der Waals surface area contributed by atoms with E-state index in [1.807, 2.05) is 35.0 Å². The fraction of sp³-hybridized carbons (Fsp3) is 0.957. The Morgan fingerprint density at radius 3 is 1.51 bits per heavy atom. The minimum atomic E-state index is -4.41. The summed E-state index contributed by atoms with van der Waals surface area (Å²) in [7, 11) is 1.41. The molecule has 1 heterocycles. The normalized spacial score (nSPS) is 18.5. The van der Waals surface area contributed by atoms with Crippen molar-refractivity contribution < 1.29 is 52.0 Å².